The van der Waals surface area contributed by atoms with Crippen molar-refractivity contribution < 1.29 is 4.79 Å². The van der Waals surface area contributed by atoms with E-state index in [1.165, 1.54) is 11.3 Å². The van der Waals surface area contributed by atoms with Crippen LogP contribution in [0.2, 0.25) is 0 Å². The lowest BCUT2D eigenvalue weighted by atomic mass is 10.1. The van der Waals surface area contributed by atoms with Crippen molar-refractivity contribution in [3.05, 3.63) is 65.7 Å². The SMILES string of the molecule is CCc1ccc(C(=O)N2CCN(c3cc[c]cc3)CC2)cc1. The van der Waals surface area contributed by atoms with Crippen molar-refractivity contribution in [3.63, 3.8) is 0 Å². The summed E-state index contributed by atoms with van der Waals surface area (Å²) in [7, 11) is 0. The first kappa shape index (κ1) is 14.6. The molecule has 1 radical (unpaired) electrons. The highest BCUT2D eigenvalue weighted by molar-refractivity contribution is 5.94. The van der Waals surface area contributed by atoms with Gasteiger partial charge in [0.25, 0.3) is 5.91 Å². The number of aryl methyl sites for hydroxylation is 1. The van der Waals surface area contributed by atoms with Gasteiger partial charge < -0.3 is 9.80 Å². The number of benzene rings is 2. The van der Waals surface area contributed by atoms with E-state index in [2.05, 4.69) is 30.0 Å². The molecule has 2 aromatic rings. The second-order valence-electron chi connectivity index (χ2n) is 5.59. The van der Waals surface area contributed by atoms with Crippen LogP contribution in [-0.2, 0) is 6.42 Å². The van der Waals surface area contributed by atoms with Gasteiger partial charge in [-0.1, -0.05) is 31.2 Å². The van der Waals surface area contributed by atoms with Gasteiger partial charge in [0.15, 0.2) is 0 Å². The molecule has 1 aliphatic rings. The highest BCUT2D eigenvalue weighted by atomic mass is 16.2. The van der Waals surface area contributed by atoms with Gasteiger partial charge in [-0.15, -0.1) is 0 Å². The zero-order chi connectivity index (χ0) is 15.4. The zero-order valence-electron chi connectivity index (χ0n) is 13.0. The normalized spacial score (nSPS) is 15.0. The van der Waals surface area contributed by atoms with E-state index in [9.17, 15) is 4.79 Å². The van der Waals surface area contributed by atoms with E-state index in [1.807, 2.05) is 41.3 Å². The predicted octanol–water partition coefficient (Wildman–Crippen LogP) is 3.01. The van der Waals surface area contributed by atoms with Gasteiger partial charge in [-0.3, -0.25) is 4.79 Å². The Morgan fingerprint density at radius 3 is 2.23 bits per heavy atom. The number of rotatable bonds is 3. The van der Waals surface area contributed by atoms with Crippen molar-refractivity contribution in [2.75, 3.05) is 31.1 Å². The Morgan fingerprint density at radius 1 is 1.00 bits per heavy atom. The van der Waals surface area contributed by atoms with Crippen molar-refractivity contribution in [1.82, 2.24) is 4.90 Å². The molecule has 0 bridgehead atoms. The maximum Gasteiger partial charge on any atom is 0.253 e. The lowest BCUT2D eigenvalue weighted by molar-refractivity contribution is 0.0747. The van der Waals surface area contributed by atoms with Crippen molar-refractivity contribution in [3.8, 4) is 0 Å². The Bertz CT molecular complexity index is 614. The lowest BCUT2D eigenvalue weighted by Gasteiger charge is -2.36. The average molecular weight is 293 g/mol. The molecular formula is C19H21N2O. The topological polar surface area (TPSA) is 23.6 Å². The number of anilines is 1. The summed E-state index contributed by atoms with van der Waals surface area (Å²) in [6, 6.07) is 19.0. The van der Waals surface area contributed by atoms with Gasteiger partial charge in [0.05, 0.1) is 0 Å². The fourth-order valence-electron chi connectivity index (χ4n) is 2.82. The maximum atomic E-state index is 12.5. The van der Waals surface area contributed by atoms with Crippen LogP contribution < -0.4 is 4.90 Å². The Morgan fingerprint density at radius 2 is 1.64 bits per heavy atom. The summed E-state index contributed by atoms with van der Waals surface area (Å²) in [5.41, 5.74) is 3.26. The maximum absolute atomic E-state index is 12.5. The number of carbonyl (C=O) groups excluding carboxylic acids is 1. The van der Waals surface area contributed by atoms with Gasteiger partial charge in [0, 0.05) is 37.4 Å². The molecule has 1 saturated heterocycles. The van der Waals surface area contributed by atoms with Gasteiger partial charge in [-0.2, -0.15) is 0 Å². The monoisotopic (exact) mass is 293 g/mol. The molecule has 113 valence electrons. The smallest absolute Gasteiger partial charge is 0.253 e. The lowest BCUT2D eigenvalue weighted by Crippen LogP contribution is -2.48. The molecule has 1 aliphatic heterocycles. The number of amides is 1. The van der Waals surface area contributed by atoms with Crippen molar-refractivity contribution >= 4 is 11.6 Å². The minimum Gasteiger partial charge on any atom is -0.368 e. The van der Waals surface area contributed by atoms with Crippen LogP contribution in [0.4, 0.5) is 5.69 Å². The molecule has 0 spiro atoms. The first-order valence-corrected chi connectivity index (χ1v) is 7.87. The van der Waals surface area contributed by atoms with Crippen LogP contribution in [0.1, 0.15) is 22.8 Å². The summed E-state index contributed by atoms with van der Waals surface area (Å²) in [6.45, 7) is 5.42. The molecule has 0 atom stereocenters. The van der Waals surface area contributed by atoms with Crippen LogP contribution in [0.5, 0.6) is 0 Å². The fraction of sp³-hybridized carbons (Fsp3) is 0.316. The van der Waals surface area contributed by atoms with Crippen LogP contribution in [0, 0.1) is 6.07 Å². The third-order valence-corrected chi connectivity index (χ3v) is 4.24. The quantitative estimate of drug-likeness (QED) is 0.868. The molecule has 3 nitrogen and oxygen atoms in total. The summed E-state index contributed by atoms with van der Waals surface area (Å²) in [4.78, 5) is 16.8. The van der Waals surface area contributed by atoms with E-state index in [0.29, 0.717) is 0 Å². The van der Waals surface area contributed by atoms with Crippen LogP contribution >= 0.6 is 0 Å². The summed E-state index contributed by atoms with van der Waals surface area (Å²) in [5, 5.41) is 0. The van der Waals surface area contributed by atoms with Crippen molar-refractivity contribution in [2.45, 2.75) is 13.3 Å². The van der Waals surface area contributed by atoms with E-state index >= 15 is 0 Å². The van der Waals surface area contributed by atoms with E-state index in [4.69, 9.17) is 0 Å². The van der Waals surface area contributed by atoms with E-state index < -0.39 is 0 Å². The predicted molar refractivity (Wildman–Crippen MR) is 89.2 cm³/mol. The number of carbonyl (C=O) groups is 1. The van der Waals surface area contributed by atoms with E-state index in [-0.39, 0.29) is 5.91 Å². The molecule has 1 fully saturated rings. The third-order valence-electron chi connectivity index (χ3n) is 4.24. The van der Waals surface area contributed by atoms with Crippen LogP contribution in [0.3, 0.4) is 0 Å². The Labute approximate surface area is 132 Å². The van der Waals surface area contributed by atoms with Crippen LogP contribution in [0.15, 0.2) is 48.5 Å². The van der Waals surface area contributed by atoms with E-state index in [1.54, 1.807) is 0 Å². The molecule has 0 aliphatic carbocycles. The van der Waals surface area contributed by atoms with Crippen LogP contribution in [-0.4, -0.2) is 37.0 Å². The molecule has 0 N–H and O–H groups in total. The largest absolute Gasteiger partial charge is 0.368 e. The van der Waals surface area contributed by atoms with Gasteiger partial charge >= 0.3 is 0 Å². The molecule has 0 saturated carbocycles. The Kier molecular flexibility index (Phi) is 4.42. The minimum atomic E-state index is 0.142. The average Bonchev–Trinajstić information content (AvgIpc) is 2.62. The van der Waals surface area contributed by atoms with Gasteiger partial charge in [-0.25, -0.2) is 0 Å². The highest BCUT2D eigenvalue weighted by Crippen LogP contribution is 2.17. The number of nitrogens with zero attached hydrogens (tertiary/aromatic N) is 2. The molecule has 3 rings (SSSR count). The molecule has 2 aromatic carbocycles. The van der Waals surface area contributed by atoms with Crippen molar-refractivity contribution in [1.29, 1.82) is 0 Å². The fourth-order valence-corrected chi connectivity index (χ4v) is 2.82. The second-order valence-corrected chi connectivity index (χ2v) is 5.59. The first-order chi connectivity index (χ1) is 10.8. The highest BCUT2D eigenvalue weighted by Gasteiger charge is 2.22. The number of piperazine rings is 1. The van der Waals surface area contributed by atoms with Gasteiger partial charge in [-0.05, 0) is 42.3 Å². The summed E-state index contributed by atoms with van der Waals surface area (Å²) < 4.78 is 0. The van der Waals surface area contributed by atoms with Crippen LogP contribution in [0.25, 0.3) is 0 Å². The minimum absolute atomic E-state index is 0.142. The number of hydrogen-bond donors (Lipinski definition) is 0. The summed E-state index contributed by atoms with van der Waals surface area (Å²) in [6.07, 6.45) is 1.00. The first-order valence-electron chi connectivity index (χ1n) is 7.87. The Hall–Kier alpha value is -2.29. The molecule has 22 heavy (non-hydrogen) atoms. The Balaban J connectivity index is 1.62. The standard InChI is InChI=1S/C19H21N2O/c1-2-16-8-10-17(11-9-16)19(22)21-14-12-20(13-15-21)18-6-4-3-5-7-18/h4-11H,2,12-15H2,1H3. The van der Waals surface area contributed by atoms with Crippen molar-refractivity contribution in [2.24, 2.45) is 0 Å². The van der Waals surface area contributed by atoms with Gasteiger partial charge in [0.2, 0.25) is 0 Å². The molecule has 0 unspecified atom stereocenters. The second kappa shape index (κ2) is 6.65. The molecule has 1 amide bonds. The van der Waals surface area contributed by atoms with Gasteiger partial charge in [0.1, 0.15) is 0 Å². The third kappa shape index (κ3) is 3.14. The zero-order valence-corrected chi connectivity index (χ0v) is 13.0. The molecular weight excluding hydrogens is 272 g/mol. The van der Waals surface area contributed by atoms with E-state index in [0.717, 1.165) is 38.2 Å². The summed E-state index contributed by atoms with van der Waals surface area (Å²) >= 11 is 0. The molecule has 3 heteroatoms. The summed E-state index contributed by atoms with van der Waals surface area (Å²) in [5.74, 6) is 0.142. The number of hydrogen-bond acceptors (Lipinski definition) is 2. The molecule has 1 heterocycles. The molecule has 0 aromatic heterocycles.